The van der Waals surface area contributed by atoms with E-state index in [-0.39, 0.29) is 5.56 Å². The molecule has 1 aromatic rings. The Kier molecular flexibility index (Phi) is 1.92. The minimum atomic E-state index is 0.0619. The third kappa shape index (κ3) is 1.49. The summed E-state index contributed by atoms with van der Waals surface area (Å²) in [6.45, 7) is 1.85. The molecule has 0 amide bonds. The van der Waals surface area contributed by atoms with Crippen molar-refractivity contribution in [3.05, 3.63) is 27.4 Å². The van der Waals surface area contributed by atoms with Gasteiger partial charge in [-0.05, 0) is 26.2 Å². The molecule has 0 aromatic carbocycles. The topological polar surface area (TPSA) is 57.8 Å². The molecule has 1 saturated heterocycles. The van der Waals surface area contributed by atoms with E-state index in [2.05, 4.69) is 15.3 Å². The number of rotatable bonds is 0. The lowest BCUT2D eigenvalue weighted by molar-refractivity contribution is 0.552. The first-order valence-electron chi connectivity index (χ1n) is 5.57. The van der Waals surface area contributed by atoms with Crippen molar-refractivity contribution in [1.82, 2.24) is 15.3 Å². The molecular weight excluding hydrogens is 190 g/mol. The summed E-state index contributed by atoms with van der Waals surface area (Å²) in [4.78, 5) is 19.0. The van der Waals surface area contributed by atoms with E-state index in [4.69, 9.17) is 0 Å². The van der Waals surface area contributed by atoms with Crippen LogP contribution in [0.2, 0.25) is 0 Å². The maximum atomic E-state index is 11.8. The summed E-state index contributed by atoms with van der Waals surface area (Å²) in [6.07, 6.45) is 4.17. The molecule has 1 aromatic heterocycles. The van der Waals surface area contributed by atoms with Crippen molar-refractivity contribution in [2.24, 2.45) is 0 Å². The first-order valence-corrected chi connectivity index (χ1v) is 5.57. The normalized spacial score (nSPS) is 28.6. The summed E-state index contributed by atoms with van der Waals surface area (Å²) >= 11 is 0. The Balaban J connectivity index is 2.12. The first-order chi connectivity index (χ1) is 7.22. The van der Waals surface area contributed by atoms with Crippen LogP contribution in [-0.4, -0.2) is 22.1 Å². The molecule has 4 heteroatoms. The summed E-state index contributed by atoms with van der Waals surface area (Å²) in [5, 5.41) is 3.55. The monoisotopic (exact) mass is 205 g/mol. The van der Waals surface area contributed by atoms with E-state index in [1.54, 1.807) is 0 Å². The van der Waals surface area contributed by atoms with Crippen LogP contribution < -0.4 is 10.9 Å². The number of nitrogens with one attached hydrogen (secondary N) is 2. The van der Waals surface area contributed by atoms with E-state index in [9.17, 15) is 4.79 Å². The number of aromatic amines is 1. The van der Waals surface area contributed by atoms with Gasteiger partial charge in [-0.25, -0.2) is 4.98 Å². The van der Waals surface area contributed by atoms with Crippen LogP contribution in [0.3, 0.4) is 0 Å². The fourth-order valence-electron chi connectivity index (χ4n) is 2.75. The Morgan fingerprint density at radius 1 is 1.27 bits per heavy atom. The molecule has 1 fully saturated rings. The SMILES string of the molecule is Cc1nc2c(c(=O)[nH]1)C[C@H]1CC[C@@H](C2)N1. The van der Waals surface area contributed by atoms with Gasteiger partial charge in [-0.15, -0.1) is 0 Å². The number of aryl methyl sites for hydroxylation is 1. The van der Waals surface area contributed by atoms with Gasteiger partial charge >= 0.3 is 0 Å². The highest BCUT2D eigenvalue weighted by molar-refractivity contribution is 5.23. The van der Waals surface area contributed by atoms with E-state index >= 15 is 0 Å². The van der Waals surface area contributed by atoms with Gasteiger partial charge in [0.1, 0.15) is 5.82 Å². The Labute approximate surface area is 88.1 Å². The Bertz CT molecular complexity index is 452. The molecule has 3 rings (SSSR count). The predicted octanol–water partition coefficient (Wildman–Crippen LogP) is 0.298. The predicted molar refractivity (Wildman–Crippen MR) is 56.9 cm³/mol. The highest BCUT2D eigenvalue weighted by Crippen LogP contribution is 2.23. The van der Waals surface area contributed by atoms with Crippen LogP contribution in [0.25, 0.3) is 0 Å². The quantitative estimate of drug-likeness (QED) is 0.640. The summed E-state index contributed by atoms with van der Waals surface area (Å²) in [5.41, 5.74) is 1.98. The van der Waals surface area contributed by atoms with Crippen LogP contribution in [0.5, 0.6) is 0 Å². The molecule has 0 saturated carbocycles. The second-order valence-corrected chi connectivity index (χ2v) is 4.62. The van der Waals surface area contributed by atoms with Crippen molar-refractivity contribution < 1.29 is 0 Å². The highest BCUT2D eigenvalue weighted by Gasteiger charge is 2.30. The zero-order chi connectivity index (χ0) is 10.4. The van der Waals surface area contributed by atoms with Crippen LogP contribution in [-0.2, 0) is 12.8 Å². The number of fused-ring (bicyclic) bond motifs is 3. The lowest BCUT2D eigenvalue weighted by atomic mass is 9.98. The molecule has 0 radical (unpaired) electrons. The molecule has 3 heterocycles. The number of H-pyrrole nitrogens is 1. The smallest absolute Gasteiger partial charge is 0.254 e. The molecule has 15 heavy (non-hydrogen) atoms. The Hall–Kier alpha value is -1.16. The average molecular weight is 205 g/mol. The summed E-state index contributed by atoms with van der Waals surface area (Å²) < 4.78 is 0. The third-order valence-corrected chi connectivity index (χ3v) is 3.44. The molecule has 0 unspecified atom stereocenters. The molecule has 2 N–H and O–H groups in total. The lowest BCUT2D eigenvalue weighted by Crippen LogP contribution is -2.29. The summed E-state index contributed by atoms with van der Waals surface area (Å²) in [5.74, 6) is 0.733. The van der Waals surface area contributed by atoms with Crippen LogP contribution in [0, 0.1) is 6.92 Å². The number of hydrogen-bond donors (Lipinski definition) is 2. The lowest BCUT2D eigenvalue weighted by Gasteiger charge is -2.10. The van der Waals surface area contributed by atoms with Crippen molar-refractivity contribution in [2.45, 2.75) is 44.7 Å². The number of nitrogens with zero attached hydrogens (tertiary/aromatic N) is 1. The van der Waals surface area contributed by atoms with Gasteiger partial charge in [0.25, 0.3) is 5.56 Å². The van der Waals surface area contributed by atoms with Gasteiger partial charge in [-0.1, -0.05) is 0 Å². The molecular formula is C11H15N3O. The molecule has 2 bridgehead atoms. The van der Waals surface area contributed by atoms with E-state index < -0.39 is 0 Å². The van der Waals surface area contributed by atoms with Gasteiger partial charge in [0.2, 0.25) is 0 Å². The van der Waals surface area contributed by atoms with Gasteiger partial charge in [0.05, 0.1) is 5.69 Å². The maximum Gasteiger partial charge on any atom is 0.254 e. The zero-order valence-corrected chi connectivity index (χ0v) is 8.84. The second kappa shape index (κ2) is 3.17. The van der Waals surface area contributed by atoms with Crippen LogP contribution in [0.15, 0.2) is 4.79 Å². The fraction of sp³-hybridized carbons (Fsp3) is 0.636. The maximum absolute atomic E-state index is 11.8. The molecule has 2 aliphatic heterocycles. The summed E-state index contributed by atoms with van der Waals surface area (Å²) in [7, 11) is 0. The molecule has 0 spiro atoms. The van der Waals surface area contributed by atoms with E-state index in [0.717, 1.165) is 29.9 Å². The Morgan fingerprint density at radius 3 is 2.80 bits per heavy atom. The summed E-state index contributed by atoms with van der Waals surface area (Å²) in [6, 6.07) is 1.02. The number of aromatic nitrogens is 2. The van der Waals surface area contributed by atoms with Crippen molar-refractivity contribution in [1.29, 1.82) is 0 Å². The minimum Gasteiger partial charge on any atom is -0.311 e. The molecule has 2 aliphatic rings. The van der Waals surface area contributed by atoms with Crippen molar-refractivity contribution in [2.75, 3.05) is 0 Å². The zero-order valence-electron chi connectivity index (χ0n) is 8.84. The van der Waals surface area contributed by atoms with Gasteiger partial charge in [-0.3, -0.25) is 4.79 Å². The molecule has 4 nitrogen and oxygen atoms in total. The van der Waals surface area contributed by atoms with Crippen LogP contribution in [0.4, 0.5) is 0 Å². The van der Waals surface area contributed by atoms with Gasteiger partial charge in [0, 0.05) is 24.1 Å². The minimum absolute atomic E-state index is 0.0619. The molecule has 80 valence electrons. The first kappa shape index (κ1) is 9.09. The van der Waals surface area contributed by atoms with Gasteiger partial charge in [0.15, 0.2) is 0 Å². The standard InChI is InChI=1S/C11H15N3O/c1-6-12-10-5-8-3-2-7(14-8)4-9(10)11(15)13-6/h7-8,14H,2-5H2,1H3,(H,12,13,15)/t7-,8+/m1/s1. The highest BCUT2D eigenvalue weighted by atomic mass is 16.1. The number of hydrogen-bond acceptors (Lipinski definition) is 3. The average Bonchev–Trinajstić information content (AvgIpc) is 2.48. The second-order valence-electron chi connectivity index (χ2n) is 4.62. The van der Waals surface area contributed by atoms with Crippen LogP contribution >= 0.6 is 0 Å². The van der Waals surface area contributed by atoms with Crippen LogP contribution in [0.1, 0.15) is 29.9 Å². The Morgan fingerprint density at radius 2 is 2.00 bits per heavy atom. The molecule has 0 aliphatic carbocycles. The van der Waals surface area contributed by atoms with E-state index in [1.165, 1.54) is 12.8 Å². The van der Waals surface area contributed by atoms with Gasteiger partial charge in [-0.2, -0.15) is 0 Å². The van der Waals surface area contributed by atoms with Crippen molar-refractivity contribution in [3.63, 3.8) is 0 Å². The fourth-order valence-corrected chi connectivity index (χ4v) is 2.75. The van der Waals surface area contributed by atoms with Crippen molar-refractivity contribution in [3.8, 4) is 0 Å². The van der Waals surface area contributed by atoms with Crippen molar-refractivity contribution >= 4 is 0 Å². The van der Waals surface area contributed by atoms with E-state index in [0.29, 0.717) is 12.1 Å². The third-order valence-electron chi connectivity index (χ3n) is 3.44. The van der Waals surface area contributed by atoms with Gasteiger partial charge < -0.3 is 10.3 Å². The van der Waals surface area contributed by atoms with E-state index in [1.807, 2.05) is 6.92 Å². The molecule has 2 atom stereocenters. The largest absolute Gasteiger partial charge is 0.311 e.